The molecule has 1 aliphatic rings. The molecule has 2 N–H and O–H groups in total. The van der Waals surface area contributed by atoms with Crippen LogP contribution in [0.25, 0.3) is 11.3 Å². The van der Waals surface area contributed by atoms with Crippen molar-refractivity contribution in [3.63, 3.8) is 0 Å². The number of halogens is 2. The average Bonchev–Trinajstić information content (AvgIpc) is 3.37. The van der Waals surface area contributed by atoms with E-state index in [1.165, 1.54) is 6.21 Å². The van der Waals surface area contributed by atoms with E-state index in [2.05, 4.69) is 20.8 Å². The number of furan rings is 1. The molecule has 2 amide bonds. The minimum atomic E-state index is -0.576. The quantitative estimate of drug-likeness (QED) is 0.369. The van der Waals surface area contributed by atoms with E-state index in [4.69, 9.17) is 27.6 Å². The molecule has 10 heteroatoms. The predicted octanol–water partition coefficient (Wildman–Crippen LogP) is 5.20. The number of rotatable bonds is 6. The van der Waals surface area contributed by atoms with Crippen LogP contribution in [-0.2, 0) is 9.59 Å². The van der Waals surface area contributed by atoms with Gasteiger partial charge in [0.25, 0.3) is 0 Å². The van der Waals surface area contributed by atoms with Gasteiger partial charge in [0, 0.05) is 17.7 Å². The third kappa shape index (κ3) is 5.40. The molecular formula is C22H16Cl2N4O3S. The van der Waals surface area contributed by atoms with Gasteiger partial charge in [-0.3, -0.25) is 9.59 Å². The number of carbonyl (C=O) groups is 2. The zero-order chi connectivity index (χ0) is 22.5. The molecular weight excluding hydrogens is 471 g/mol. The second kappa shape index (κ2) is 10.0. The highest BCUT2D eigenvalue weighted by atomic mass is 35.5. The SMILES string of the molecule is O=C(CC1SC(=NN=Cc2ccc(-c3cccc(Cl)c3Cl)o2)NC1=O)Nc1ccccc1. The predicted molar refractivity (Wildman–Crippen MR) is 128 cm³/mol. The number of para-hydroxylation sites is 1. The minimum absolute atomic E-state index is 0.0239. The molecule has 1 unspecified atom stereocenters. The van der Waals surface area contributed by atoms with Crippen LogP contribution in [0.15, 0.2) is 75.3 Å². The lowest BCUT2D eigenvalue weighted by atomic mass is 10.2. The Kier molecular flexibility index (Phi) is 6.94. The van der Waals surface area contributed by atoms with Crippen molar-refractivity contribution in [2.75, 3.05) is 5.32 Å². The summed E-state index contributed by atoms with van der Waals surface area (Å²) in [4.78, 5) is 24.3. The van der Waals surface area contributed by atoms with Crippen molar-refractivity contribution in [2.45, 2.75) is 11.7 Å². The number of thioether (sulfide) groups is 1. The monoisotopic (exact) mass is 486 g/mol. The van der Waals surface area contributed by atoms with Crippen LogP contribution in [0.1, 0.15) is 12.2 Å². The number of benzene rings is 2. The van der Waals surface area contributed by atoms with E-state index in [0.717, 1.165) is 11.8 Å². The Balaban J connectivity index is 1.35. The zero-order valence-corrected chi connectivity index (χ0v) is 18.7. The summed E-state index contributed by atoms with van der Waals surface area (Å²) in [7, 11) is 0. The highest BCUT2D eigenvalue weighted by Gasteiger charge is 2.32. The number of anilines is 1. The van der Waals surface area contributed by atoms with Gasteiger partial charge >= 0.3 is 0 Å². The Morgan fingerprint density at radius 2 is 1.94 bits per heavy atom. The summed E-state index contributed by atoms with van der Waals surface area (Å²) < 4.78 is 5.71. The lowest BCUT2D eigenvalue weighted by molar-refractivity contribution is -0.122. The normalized spacial score (nSPS) is 17.1. The molecule has 0 aliphatic carbocycles. The number of nitrogens with zero attached hydrogens (tertiary/aromatic N) is 2. The van der Waals surface area contributed by atoms with Crippen LogP contribution in [0, 0.1) is 0 Å². The Morgan fingerprint density at radius 3 is 2.75 bits per heavy atom. The van der Waals surface area contributed by atoms with Crippen molar-refractivity contribution in [1.29, 1.82) is 0 Å². The van der Waals surface area contributed by atoms with Crippen LogP contribution in [0.2, 0.25) is 10.0 Å². The maximum atomic E-state index is 12.2. The molecule has 0 bridgehead atoms. The third-order valence-electron chi connectivity index (χ3n) is 4.38. The zero-order valence-electron chi connectivity index (χ0n) is 16.4. The highest BCUT2D eigenvalue weighted by Crippen LogP contribution is 2.34. The Morgan fingerprint density at radius 1 is 1.12 bits per heavy atom. The summed E-state index contributed by atoms with van der Waals surface area (Å²) in [5.41, 5.74) is 1.34. The summed E-state index contributed by atoms with van der Waals surface area (Å²) in [6.45, 7) is 0. The van der Waals surface area contributed by atoms with Gasteiger partial charge in [0.2, 0.25) is 11.8 Å². The topological polar surface area (TPSA) is 96.1 Å². The molecule has 7 nitrogen and oxygen atoms in total. The molecule has 1 fully saturated rings. The largest absolute Gasteiger partial charge is 0.455 e. The van der Waals surface area contributed by atoms with E-state index in [0.29, 0.717) is 38.0 Å². The number of amides is 2. The van der Waals surface area contributed by atoms with Crippen molar-refractivity contribution in [1.82, 2.24) is 5.32 Å². The molecule has 1 atom stereocenters. The van der Waals surface area contributed by atoms with Gasteiger partial charge in [-0.25, -0.2) is 0 Å². The fourth-order valence-electron chi connectivity index (χ4n) is 2.89. The minimum Gasteiger partial charge on any atom is -0.455 e. The summed E-state index contributed by atoms with van der Waals surface area (Å²) in [6.07, 6.45) is 1.44. The average molecular weight is 487 g/mol. The Bertz CT molecular complexity index is 1210. The molecule has 1 aromatic heterocycles. The van der Waals surface area contributed by atoms with Crippen molar-refractivity contribution in [2.24, 2.45) is 10.2 Å². The standard InChI is InChI=1S/C22H16Cl2N4O3S/c23-16-8-4-7-15(20(16)24)17-10-9-14(31-17)12-25-28-22-27-21(30)18(32-22)11-19(29)26-13-5-2-1-3-6-13/h1-10,12,18H,11H2,(H,26,29)(H,27,28,30). The van der Waals surface area contributed by atoms with Gasteiger partial charge in [-0.05, 0) is 36.4 Å². The molecule has 2 aromatic carbocycles. The van der Waals surface area contributed by atoms with Crippen molar-refractivity contribution >= 4 is 63.8 Å². The van der Waals surface area contributed by atoms with Crippen LogP contribution in [0.3, 0.4) is 0 Å². The van der Waals surface area contributed by atoms with Gasteiger partial charge in [0.05, 0.1) is 16.3 Å². The van der Waals surface area contributed by atoms with Gasteiger partial charge in [-0.15, -0.1) is 5.10 Å². The number of carbonyl (C=O) groups excluding carboxylic acids is 2. The molecule has 162 valence electrons. The second-order valence-corrected chi connectivity index (χ2v) is 8.64. The number of nitrogens with one attached hydrogen (secondary N) is 2. The summed E-state index contributed by atoms with van der Waals surface area (Å²) in [5, 5.41) is 13.9. The van der Waals surface area contributed by atoms with Crippen LogP contribution in [-0.4, -0.2) is 28.4 Å². The smallest absolute Gasteiger partial charge is 0.240 e. The van der Waals surface area contributed by atoms with Crippen LogP contribution < -0.4 is 10.6 Å². The summed E-state index contributed by atoms with van der Waals surface area (Å²) in [6, 6.07) is 17.8. The van der Waals surface area contributed by atoms with Gasteiger partial charge in [-0.1, -0.05) is 59.2 Å². The van der Waals surface area contributed by atoms with Crippen LogP contribution in [0.4, 0.5) is 5.69 Å². The lowest BCUT2D eigenvalue weighted by Gasteiger charge is -2.06. The first-order chi connectivity index (χ1) is 15.5. The molecule has 0 spiro atoms. The first-order valence-electron chi connectivity index (χ1n) is 9.47. The molecule has 1 aliphatic heterocycles. The maximum absolute atomic E-state index is 12.2. The maximum Gasteiger partial charge on any atom is 0.240 e. The summed E-state index contributed by atoms with van der Waals surface area (Å²) in [5.74, 6) is 0.451. The van der Waals surface area contributed by atoms with Gasteiger partial charge in [-0.2, -0.15) is 5.10 Å². The first-order valence-corrected chi connectivity index (χ1v) is 11.1. The van der Waals surface area contributed by atoms with Crippen LogP contribution in [0.5, 0.6) is 0 Å². The molecule has 4 rings (SSSR count). The van der Waals surface area contributed by atoms with Crippen molar-refractivity contribution in [3.8, 4) is 11.3 Å². The first kappa shape index (κ1) is 22.1. The fourth-order valence-corrected chi connectivity index (χ4v) is 4.21. The van der Waals surface area contributed by atoms with E-state index >= 15 is 0 Å². The third-order valence-corrected chi connectivity index (χ3v) is 6.27. The second-order valence-electron chi connectivity index (χ2n) is 6.67. The number of hydrogen-bond acceptors (Lipinski definition) is 6. The van der Waals surface area contributed by atoms with Gasteiger partial charge in [0.15, 0.2) is 5.17 Å². The molecule has 32 heavy (non-hydrogen) atoms. The Labute approximate surface area is 197 Å². The van der Waals surface area contributed by atoms with Crippen molar-refractivity contribution < 1.29 is 14.0 Å². The van der Waals surface area contributed by atoms with E-state index in [9.17, 15) is 9.59 Å². The molecule has 0 saturated carbocycles. The highest BCUT2D eigenvalue weighted by molar-refractivity contribution is 8.15. The van der Waals surface area contributed by atoms with E-state index in [1.54, 1.807) is 42.5 Å². The van der Waals surface area contributed by atoms with Gasteiger partial charge in [0.1, 0.15) is 16.8 Å². The van der Waals surface area contributed by atoms with E-state index in [1.807, 2.05) is 18.2 Å². The van der Waals surface area contributed by atoms with E-state index in [-0.39, 0.29) is 18.2 Å². The molecule has 2 heterocycles. The summed E-state index contributed by atoms with van der Waals surface area (Å²) >= 11 is 13.4. The van der Waals surface area contributed by atoms with E-state index < -0.39 is 5.25 Å². The van der Waals surface area contributed by atoms with Gasteiger partial charge < -0.3 is 15.1 Å². The molecule has 0 radical (unpaired) electrons. The van der Waals surface area contributed by atoms with Crippen LogP contribution >= 0.6 is 35.0 Å². The van der Waals surface area contributed by atoms with Crippen molar-refractivity contribution in [3.05, 3.63) is 76.5 Å². The lowest BCUT2D eigenvalue weighted by Crippen LogP contribution is -2.28. The molecule has 1 saturated heterocycles. The molecule has 3 aromatic rings. The number of hydrogen-bond donors (Lipinski definition) is 2. The Hall–Kier alpha value is -3.07. The number of amidine groups is 1. The fraction of sp³-hybridized carbons (Fsp3) is 0.0909.